The molecule has 0 aromatic heterocycles. The Morgan fingerprint density at radius 2 is 0.691 bits per heavy atom. The summed E-state index contributed by atoms with van der Waals surface area (Å²) in [7, 11) is 0. The van der Waals surface area contributed by atoms with Crippen molar-refractivity contribution in [3.8, 4) is 0 Å². The van der Waals surface area contributed by atoms with Gasteiger partial charge in [-0.05, 0) is 31.1 Å². The van der Waals surface area contributed by atoms with Crippen molar-refractivity contribution in [2.45, 2.75) is 272 Å². The van der Waals surface area contributed by atoms with Crippen molar-refractivity contribution in [3.05, 3.63) is 0 Å². The Hall–Kier alpha value is -1.59. The molecule has 0 saturated heterocycles. The zero-order valence-electron chi connectivity index (χ0n) is 37.6. The molecule has 0 N–H and O–H groups in total. The second kappa shape index (κ2) is 42.0. The van der Waals surface area contributed by atoms with Crippen LogP contribution < -0.4 is 0 Å². The first-order valence-electron chi connectivity index (χ1n) is 24.3. The summed E-state index contributed by atoms with van der Waals surface area (Å²) in [5.74, 6) is 0.850. The summed E-state index contributed by atoms with van der Waals surface area (Å²) in [6, 6.07) is 0. The van der Waals surface area contributed by atoms with Crippen LogP contribution in [0.25, 0.3) is 0 Å². The third-order valence-corrected chi connectivity index (χ3v) is 11.3. The molecule has 1 unspecified atom stereocenters. The summed E-state index contributed by atoms with van der Waals surface area (Å²) >= 11 is 0. The molecule has 0 spiro atoms. The highest BCUT2D eigenvalue weighted by atomic mass is 16.6. The Bertz CT molecular complexity index is 841. The van der Waals surface area contributed by atoms with Gasteiger partial charge in [0, 0.05) is 19.3 Å². The van der Waals surface area contributed by atoms with Gasteiger partial charge < -0.3 is 14.2 Å². The minimum absolute atomic E-state index is 0.0648. The van der Waals surface area contributed by atoms with E-state index in [4.69, 9.17) is 14.2 Å². The van der Waals surface area contributed by atoms with Crippen molar-refractivity contribution in [2.75, 3.05) is 13.2 Å². The number of esters is 3. The van der Waals surface area contributed by atoms with Crippen molar-refractivity contribution >= 4 is 17.9 Å². The van der Waals surface area contributed by atoms with E-state index in [0.717, 1.165) is 69.6 Å². The molecule has 0 aromatic carbocycles. The molecular weight excluding hydrogens is 685 g/mol. The van der Waals surface area contributed by atoms with E-state index >= 15 is 0 Å². The van der Waals surface area contributed by atoms with E-state index in [1.165, 1.54) is 154 Å². The number of hydrogen-bond donors (Lipinski definition) is 0. The lowest BCUT2D eigenvalue weighted by Crippen LogP contribution is -2.30. The smallest absolute Gasteiger partial charge is 0.306 e. The van der Waals surface area contributed by atoms with Crippen LogP contribution >= 0.6 is 0 Å². The summed E-state index contributed by atoms with van der Waals surface area (Å²) in [5, 5.41) is 0. The number of carbonyl (C=O) groups excluding carboxylic acids is 3. The van der Waals surface area contributed by atoms with Crippen molar-refractivity contribution in [1.82, 2.24) is 0 Å². The van der Waals surface area contributed by atoms with Gasteiger partial charge in [-0.25, -0.2) is 0 Å². The lowest BCUT2D eigenvalue weighted by molar-refractivity contribution is -0.167. The molecule has 6 heteroatoms. The Balaban J connectivity index is 4.20. The minimum atomic E-state index is -0.759. The van der Waals surface area contributed by atoms with Crippen molar-refractivity contribution in [3.63, 3.8) is 0 Å². The molecule has 0 aromatic rings. The fourth-order valence-electron chi connectivity index (χ4n) is 7.25. The number of unbranched alkanes of at least 4 members (excludes halogenated alkanes) is 27. The lowest BCUT2D eigenvalue weighted by Gasteiger charge is -2.18. The molecule has 0 heterocycles. The van der Waals surface area contributed by atoms with E-state index < -0.39 is 6.10 Å². The molecule has 0 rings (SSSR count). The van der Waals surface area contributed by atoms with Crippen molar-refractivity contribution in [2.24, 2.45) is 11.8 Å². The third kappa shape index (κ3) is 41.9. The standard InChI is InChI=1S/C49H94O6/c1-6-8-9-10-22-31-36-41-49(52)55-46(43-54-48(51)40-35-30-26-21-17-16-19-24-28-33-38-45(5)7-2)42-53-47(50)39-34-29-25-20-15-13-11-12-14-18-23-27-32-37-44(3)4/h44-46H,6-43H2,1-5H3/t45?,46-/m0/s1. The molecule has 0 fully saturated rings. The van der Waals surface area contributed by atoms with Gasteiger partial charge in [0.2, 0.25) is 0 Å². The summed E-state index contributed by atoms with van der Waals surface area (Å²) in [5.41, 5.74) is 0. The first-order chi connectivity index (χ1) is 26.8. The predicted molar refractivity (Wildman–Crippen MR) is 233 cm³/mol. The predicted octanol–water partition coefficient (Wildman–Crippen LogP) is 15.4. The minimum Gasteiger partial charge on any atom is -0.462 e. The average molecular weight is 779 g/mol. The van der Waals surface area contributed by atoms with E-state index in [0.29, 0.717) is 19.3 Å². The highest BCUT2D eigenvalue weighted by molar-refractivity contribution is 5.71. The van der Waals surface area contributed by atoms with Crippen LogP contribution in [0, 0.1) is 11.8 Å². The molecule has 2 atom stereocenters. The van der Waals surface area contributed by atoms with Gasteiger partial charge in [-0.2, -0.15) is 0 Å². The second-order valence-corrected chi connectivity index (χ2v) is 17.5. The zero-order valence-corrected chi connectivity index (χ0v) is 37.6. The van der Waals surface area contributed by atoms with Gasteiger partial charge >= 0.3 is 17.9 Å². The molecule has 55 heavy (non-hydrogen) atoms. The number of hydrogen-bond acceptors (Lipinski definition) is 6. The number of carbonyl (C=O) groups is 3. The van der Waals surface area contributed by atoms with Crippen LogP contribution in [0.2, 0.25) is 0 Å². The molecule has 0 aliphatic rings. The Kier molecular flexibility index (Phi) is 40.8. The topological polar surface area (TPSA) is 78.9 Å². The maximum atomic E-state index is 12.6. The summed E-state index contributed by atoms with van der Waals surface area (Å²) in [6.45, 7) is 11.3. The van der Waals surface area contributed by atoms with Gasteiger partial charge in [0.1, 0.15) is 13.2 Å². The van der Waals surface area contributed by atoms with Gasteiger partial charge in [-0.1, -0.05) is 227 Å². The molecule has 0 amide bonds. The SMILES string of the molecule is CCCCCCCCCC(=O)O[C@@H](COC(=O)CCCCCCCCCCCCCCCC(C)C)COC(=O)CCCCCCCCCCCCC(C)CC. The lowest BCUT2D eigenvalue weighted by atomic mass is 9.99. The van der Waals surface area contributed by atoms with E-state index in [9.17, 15) is 14.4 Å². The van der Waals surface area contributed by atoms with Gasteiger partial charge in [-0.15, -0.1) is 0 Å². The molecule has 0 aliphatic carbocycles. The van der Waals surface area contributed by atoms with Gasteiger partial charge in [0.25, 0.3) is 0 Å². The van der Waals surface area contributed by atoms with E-state index in [2.05, 4.69) is 34.6 Å². The summed E-state index contributed by atoms with van der Waals surface area (Å²) < 4.78 is 16.7. The molecular formula is C49H94O6. The molecule has 0 bridgehead atoms. The number of ether oxygens (including phenoxy) is 3. The Morgan fingerprint density at radius 3 is 1.04 bits per heavy atom. The normalized spacial score (nSPS) is 12.5. The van der Waals surface area contributed by atoms with Crippen LogP contribution in [0.15, 0.2) is 0 Å². The monoisotopic (exact) mass is 779 g/mol. The first kappa shape index (κ1) is 53.4. The van der Waals surface area contributed by atoms with Crippen molar-refractivity contribution < 1.29 is 28.6 Å². The average Bonchev–Trinajstić information content (AvgIpc) is 3.17. The van der Waals surface area contributed by atoms with Crippen LogP contribution in [0.4, 0.5) is 0 Å². The Labute approximate surface area is 342 Å². The van der Waals surface area contributed by atoms with E-state index in [1.54, 1.807) is 0 Å². The molecule has 0 radical (unpaired) electrons. The zero-order chi connectivity index (χ0) is 40.5. The van der Waals surface area contributed by atoms with Crippen LogP contribution in [-0.2, 0) is 28.6 Å². The number of rotatable bonds is 43. The highest BCUT2D eigenvalue weighted by Crippen LogP contribution is 2.17. The molecule has 0 aliphatic heterocycles. The van der Waals surface area contributed by atoms with Crippen LogP contribution in [-0.4, -0.2) is 37.2 Å². The van der Waals surface area contributed by atoms with Crippen LogP contribution in [0.1, 0.15) is 266 Å². The summed E-state index contributed by atoms with van der Waals surface area (Å²) in [6.07, 6.45) is 40.9. The molecule has 326 valence electrons. The maximum absolute atomic E-state index is 12.6. The maximum Gasteiger partial charge on any atom is 0.306 e. The highest BCUT2D eigenvalue weighted by Gasteiger charge is 2.19. The second-order valence-electron chi connectivity index (χ2n) is 17.5. The first-order valence-corrected chi connectivity index (χ1v) is 24.3. The fourth-order valence-corrected chi connectivity index (χ4v) is 7.25. The quantitative estimate of drug-likeness (QED) is 0.0348. The van der Waals surface area contributed by atoms with Gasteiger partial charge in [-0.3, -0.25) is 14.4 Å². The van der Waals surface area contributed by atoms with Crippen molar-refractivity contribution in [1.29, 1.82) is 0 Å². The molecule has 6 nitrogen and oxygen atoms in total. The summed E-state index contributed by atoms with van der Waals surface area (Å²) in [4.78, 5) is 37.7. The largest absolute Gasteiger partial charge is 0.462 e. The van der Waals surface area contributed by atoms with Crippen LogP contribution in [0.3, 0.4) is 0 Å². The Morgan fingerprint density at radius 1 is 0.382 bits per heavy atom. The fraction of sp³-hybridized carbons (Fsp3) is 0.939. The molecule has 0 saturated carbocycles. The van der Waals surface area contributed by atoms with Gasteiger partial charge in [0.05, 0.1) is 0 Å². The van der Waals surface area contributed by atoms with E-state index in [-0.39, 0.29) is 31.1 Å². The van der Waals surface area contributed by atoms with Crippen LogP contribution in [0.5, 0.6) is 0 Å². The third-order valence-electron chi connectivity index (χ3n) is 11.3. The van der Waals surface area contributed by atoms with E-state index in [1.807, 2.05) is 0 Å². The van der Waals surface area contributed by atoms with Gasteiger partial charge in [0.15, 0.2) is 6.10 Å².